The fraction of sp³-hybridized carbons (Fsp3) is 0.286. The summed E-state index contributed by atoms with van der Waals surface area (Å²) in [4.78, 5) is 28.6. The van der Waals surface area contributed by atoms with Crippen LogP contribution in [0.3, 0.4) is 0 Å². The van der Waals surface area contributed by atoms with Gasteiger partial charge in [-0.05, 0) is 6.07 Å². The van der Waals surface area contributed by atoms with Crippen LogP contribution in [-0.4, -0.2) is 47.1 Å². The number of pyridine rings is 1. The van der Waals surface area contributed by atoms with Crippen LogP contribution in [0.1, 0.15) is 0 Å². The van der Waals surface area contributed by atoms with E-state index in [-0.39, 0.29) is 17.4 Å². The Morgan fingerprint density at radius 1 is 1.32 bits per heavy atom. The van der Waals surface area contributed by atoms with Crippen LogP contribution in [0, 0.1) is 10.1 Å². The Kier molecular flexibility index (Phi) is 3.84. The van der Waals surface area contributed by atoms with Crippen molar-refractivity contribution in [2.24, 2.45) is 0 Å². The first-order chi connectivity index (χ1) is 10.7. The minimum atomic E-state index is -0.547. The summed E-state index contributed by atoms with van der Waals surface area (Å²) >= 11 is 0. The average molecular weight is 302 g/mol. The van der Waals surface area contributed by atoms with Crippen molar-refractivity contribution in [2.75, 3.05) is 31.6 Å². The van der Waals surface area contributed by atoms with Gasteiger partial charge in [0.1, 0.15) is 11.9 Å². The lowest BCUT2D eigenvalue weighted by molar-refractivity contribution is -0.384. The van der Waals surface area contributed by atoms with E-state index < -0.39 is 4.92 Å². The minimum Gasteiger partial charge on any atom is -0.378 e. The lowest BCUT2D eigenvalue weighted by Gasteiger charge is -2.27. The molecule has 0 unspecified atom stereocenters. The fourth-order valence-corrected chi connectivity index (χ4v) is 2.35. The minimum absolute atomic E-state index is 0.173. The van der Waals surface area contributed by atoms with Gasteiger partial charge in [-0.25, -0.2) is 9.78 Å². The van der Waals surface area contributed by atoms with Gasteiger partial charge in [0.05, 0.1) is 23.7 Å². The molecule has 0 bridgehead atoms. The largest absolute Gasteiger partial charge is 0.378 e. The van der Waals surface area contributed by atoms with Crippen molar-refractivity contribution >= 4 is 28.3 Å². The molecular weight excluding hydrogens is 288 g/mol. The van der Waals surface area contributed by atoms with E-state index in [9.17, 15) is 14.9 Å². The second-order valence-corrected chi connectivity index (χ2v) is 4.82. The first-order valence-electron chi connectivity index (χ1n) is 6.82. The van der Waals surface area contributed by atoms with E-state index in [0.717, 1.165) is 6.20 Å². The highest BCUT2D eigenvalue weighted by Crippen LogP contribution is 2.31. The number of morpholine rings is 1. The number of fused-ring (bicyclic) bond motifs is 1. The number of aromatic nitrogens is 1. The Labute approximate surface area is 125 Å². The summed E-state index contributed by atoms with van der Waals surface area (Å²) in [5.41, 5.74) is 0.540. The van der Waals surface area contributed by atoms with Gasteiger partial charge >= 0.3 is 11.7 Å². The summed E-state index contributed by atoms with van der Waals surface area (Å²) in [5.74, 6) is 0. The number of hydrogen-bond donors (Lipinski definition) is 1. The third kappa shape index (κ3) is 2.68. The molecule has 8 nitrogen and oxygen atoms in total. The Morgan fingerprint density at radius 2 is 2.05 bits per heavy atom. The number of urea groups is 1. The number of nitrogens with zero attached hydrogens (tertiary/aromatic N) is 3. The molecular formula is C14H14N4O4. The molecule has 114 valence electrons. The standard InChI is InChI=1S/C14H14N4O4/c19-14(17-5-7-22-8-6-17)16-13-10-3-1-2-4-11(10)15-9-12(13)18(20)21/h1-4,9H,5-8H2,(H,15,16,19). The van der Waals surface area contributed by atoms with Crippen molar-refractivity contribution < 1.29 is 14.5 Å². The van der Waals surface area contributed by atoms with Crippen molar-refractivity contribution in [2.45, 2.75) is 0 Å². The van der Waals surface area contributed by atoms with Gasteiger partial charge in [0.2, 0.25) is 0 Å². The highest BCUT2D eigenvalue weighted by molar-refractivity contribution is 6.03. The molecule has 0 spiro atoms. The van der Waals surface area contributed by atoms with Crippen LogP contribution in [-0.2, 0) is 4.74 Å². The third-order valence-corrected chi connectivity index (χ3v) is 3.48. The van der Waals surface area contributed by atoms with Crippen LogP contribution in [0.5, 0.6) is 0 Å². The molecule has 22 heavy (non-hydrogen) atoms. The summed E-state index contributed by atoms with van der Waals surface area (Å²) in [6.07, 6.45) is 1.16. The van der Waals surface area contributed by atoms with E-state index in [2.05, 4.69) is 10.3 Å². The van der Waals surface area contributed by atoms with E-state index in [1.54, 1.807) is 29.2 Å². The van der Waals surface area contributed by atoms with Gasteiger partial charge in [-0.2, -0.15) is 0 Å². The van der Waals surface area contributed by atoms with E-state index in [1.807, 2.05) is 0 Å². The summed E-state index contributed by atoms with van der Waals surface area (Å²) in [6.45, 7) is 1.85. The Balaban J connectivity index is 1.98. The molecule has 2 heterocycles. The Hall–Kier alpha value is -2.74. The van der Waals surface area contributed by atoms with Crippen molar-refractivity contribution in [1.29, 1.82) is 0 Å². The molecule has 1 fully saturated rings. The second-order valence-electron chi connectivity index (χ2n) is 4.82. The molecule has 1 N–H and O–H groups in total. The summed E-state index contributed by atoms with van der Waals surface area (Å²) in [5, 5.41) is 14.4. The van der Waals surface area contributed by atoms with Crippen molar-refractivity contribution in [3.63, 3.8) is 0 Å². The zero-order valence-electron chi connectivity index (χ0n) is 11.7. The number of nitro groups is 1. The molecule has 0 radical (unpaired) electrons. The van der Waals surface area contributed by atoms with E-state index in [1.165, 1.54) is 0 Å². The number of carbonyl (C=O) groups excluding carboxylic acids is 1. The molecule has 1 saturated heterocycles. The molecule has 0 aliphatic carbocycles. The molecule has 2 aromatic rings. The quantitative estimate of drug-likeness (QED) is 0.676. The first kappa shape index (κ1) is 14.2. The first-order valence-corrected chi connectivity index (χ1v) is 6.82. The van der Waals surface area contributed by atoms with E-state index in [0.29, 0.717) is 37.2 Å². The zero-order chi connectivity index (χ0) is 15.5. The van der Waals surface area contributed by atoms with Crippen LogP contribution in [0.2, 0.25) is 0 Å². The van der Waals surface area contributed by atoms with Crippen molar-refractivity contribution in [3.8, 4) is 0 Å². The van der Waals surface area contributed by atoms with Crippen LogP contribution >= 0.6 is 0 Å². The van der Waals surface area contributed by atoms with Gasteiger partial charge in [0.15, 0.2) is 0 Å². The highest BCUT2D eigenvalue weighted by atomic mass is 16.6. The fourth-order valence-electron chi connectivity index (χ4n) is 2.35. The summed E-state index contributed by atoms with van der Waals surface area (Å²) in [7, 11) is 0. The van der Waals surface area contributed by atoms with Gasteiger partial charge < -0.3 is 15.0 Å². The van der Waals surface area contributed by atoms with Crippen LogP contribution in [0.15, 0.2) is 30.5 Å². The van der Waals surface area contributed by atoms with Crippen molar-refractivity contribution in [1.82, 2.24) is 9.88 Å². The van der Waals surface area contributed by atoms with Gasteiger partial charge in [-0.15, -0.1) is 0 Å². The number of nitrogens with one attached hydrogen (secondary N) is 1. The zero-order valence-corrected chi connectivity index (χ0v) is 11.7. The number of hydrogen-bond acceptors (Lipinski definition) is 5. The molecule has 1 aliphatic rings. The Morgan fingerprint density at radius 3 is 2.77 bits per heavy atom. The van der Waals surface area contributed by atoms with Gasteiger partial charge in [0.25, 0.3) is 0 Å². The number of benzene rings is 1. The lowest BCUT2D eigenvalue weighted by atomic mass is 10.1. The molecule has 1 aliphatic heterocycles. The van der Waals surface area contributed by atoms with E-state index >= 15 is 0 Å². The number of ether oxygens (including phenoxy) is 1. The highest BCUT2D eigenvalue weighted by Gasteiger charge is 2.23. The van der Waals surface area contributed by atoms with Crippen LogP contribution < -0.4 is 5.32 Å². The van der Waals surface area contributed by atoms with Gasteiger partial charge in [0, 0.05) is 18.5 Å². The average Bonchev–Trinajstić information content (AvgIpc) is 2.55. The summed E-state index contributed by atoms with van der Waals surface area (Å²) in [6, 6.07) is 6.60. The predicted octanol–water partition coefficient (Wildman–Crippen LogP) is 2.01. The number of rotatable bonds is 2. The smallest absolute Gasteiger partial charge is 0.322 e. The molecule has 0 atom stereocenters. The second kappa shape index (κ2) is 5.94. The number of carbonyl (C=O) groups is 1. The van der Waals surface area contributed by atoms with Crippen LogP contribution in [0.4, 0.5) is 16.2 Å². The number of amides is 2. The van der Waals surface area contributed by atoms with Crippen molar-refractivity contribution in [3.05, 3.63) is 40.6 Å². The van der Waals surface area contributed by atoms with Gasteiger partial charge in [-0.3, -0.25) is 10.1 Å². The lowest BCUT2D eigenvalue weighted by Crippen LogP contribution is -2.43. The van der Waals surface area contributed by atoms with E-state index in [4.69, 9.17) is 4.74 Å². The number of para-hydroxylation sites is 1. The predicted molar refractivity (Wildman–Crippen MR) is 79.8 cm³/mol. The monoisotopic (exact) mass is 302 g/mol. The molecule has 3 rings (SSSR count). The maximum absolute atomic E-state index is 12.3. The Bertz CT molecular complexity index is 728. The molecule has 8 heteroatoms. The third-order valence-electron chi connectivity index (χ3n) is 3.48. The topological polar surface area (TPSA) is 97.6 Å². The summed E-state index contributed by atoms with van der Waals surface area (Å²) < 4.78 is 5.19. The van der Waals surface area contributed by atoms with Crippen LogP contribution in [0.25, 0.3) is 10.9 Å². The normalized spacial score (nSPS) is 14.8. The molecule has 2 amide bonds. The maximum atomic E-state index is 12.3. The maximum Gasteiger partial charge on any atom is 0.322 e. The number of anilines is 1. The molecule has 0 saturated carbocycles. The molecule has 1 aromatic heterocycles. The SMILES string of the molecule is O=C(Nc1c([N+](=O)[O-])cnc2ccccc12)N1CCOCC1. The molecule has 1 aromatic carbocycles. The van der Waals surface area contributed by atoms with Gasteiger partial charge in [-0.1, -0.05) is 18.2 Å².